The van der Waals surface area contributed by atoms with Gasteiger partial charge in [-0.25, -0.2) is 0 Å². The van der Waals surface area contributed by atoms with Crippen LogP contribution in [-0.4, -0.2) is 22.6 Å². The van der Waals surface area contributed by atoms with Gasteiger partial charge in [0.25, 0.3) is 0 Å². The van der Waals surface area contributed by atoms with Crippen LogP contribution in [0, 0.1) is 19.8 Å². The van der Waals surface area contributed by atoms with Crippen molar-refractivity contribution >= 4 is 7.60 Å². The van der Waals surface area contributed by atoms with E-state index in [1.165, 1.54) is 47.9 Å². The van der Waals surface area contributed by atoms with Gasteiger partial charge in [-0.1, -0.05) is 62.9 Å². The number of aryl methyl sites for hydroxylation is 3. The highest BCUT2D eigenvalue weighted by Crippen LogP contribution is 2.35. The number of hydrogen-bond donors (Lipinski definition) is 2. The van der Waals surface area contributed by atoms with Gasteiger partial charge in [-0.05, 0) is 92.7 Å². The van der Waals surface area contributed by atoms with E-state index in [0.717, 1.165) is 44.5 Å². The molecule has 5 heteroatoms. The third-order valence-electron chi connectivity index (χ3n) is 6.43. The first kappa shape index (κ1) is 27.6. The Balaban J connectivity index is 1.70. The maximum absolute atomic E-state index is 10.9. The summed E-state index contributed by atoms with van der Waals surface area (Å²) >= 11 is 0. The average Bonchev–Trinajstić information content (AvgIpc) is 2.77. The van der Waals surface area contributed by atoms with Crippen LogP contribution in [0.25, 0.3) is 0 Å². The quantitative estimate of drug-likeness (QED) is 0.196. The lowest BCUT2D eigenvalue weighted by molar-refractivity contribution is 0.286. The molecule has 0 saturated heterocycles. The largest absolute Gasteiger partial charge is 0.494 e. The van der Waals surface area contributed by atoms with E-state index in [2.05, 4.69) is 51.1 Å². The van der Waals surface area contributed by atoms with Gasteiger partial charge in [-0.2, -0.15) is 0 Å². The van der Waals surface area contributed by atoms with Crippen LogP contribution in [0.1, 0.15) is 80.5 Å². The summed E-state index contributed by atoms with van der Waals surface area (Å²) in [5.74, 6) is 1.63. The van der Waals surface area contributed by atoms with Gasteiger partial charge in [-0.15, -0.1) is 0 Å². The van der Waals surface area contributed by atoms with E-state index < -0.39 is 7.60 Å². The van der Waals surface area contributed by atoms with Gasteiger partial charge >= 0.3 is 7.60 Å². The third-order valence-corrected chi connectivity index (χ3v) is 7.32. The molecule has 33 heavy (non-hydrogen) atoms. The summed E-state index contributed by atoms with van der Waals surface area (Å²) in [6.45, 7) is 7.39. The molecule has 2 aromatic carbocycles. The van der Waals surface area contributed by atoms with Gasteiger partial charge < -0.3 is 14.5 Å². The predicted octanol–water partition coefficient (Wildman–Crippen LogP) is 7.40. The number of ether oxygens (including phenoxy) is 1. The topological polar surface area (TPSA) is 66.8 Å². The minimum Gasteiger partial charge on any atom is -0.494 e. The fraction of sp³-hybridized carbons (Fsp3) is 0.571. The molecule has 1 atom stereocenters. The molecule has 2 rings (SSSR count). The monoisotopic (exact) mass is 474 g/mol. The molecule has 0 fully saturated rings. The summed E-state index contributed by atoms with van der Waals surface area (Å²) in [4.78, 5) is 17.8. The lowest BCUT2D eigenvalue weighted by Crippen LogP contribution is -2.08. The van der Waals surface area contributed by atoms with E-state index in [1.54, 1.807) is 0 Å². The van der Waals surface area contributed by atoms with Gasteiger partial charge in [0.15, 0.2) is 0 Å². The summed E-state index contributed by atoms with van der Waals surface area (Å²) in [5, 5.41) is 0. The second-order valence-electron chi connectivity index (χ2n) is 9.46. The molecule has 0 radical (unpaired) electrons. The zero-order chi connectivity index (χ0) is 24.1. The van der Waals surface area contributed by atoms with Crippen LogP contribution >= 0.6 is 7.60 Å². The molecule has 1 unspecified atom stereocenters. The van der Waals surface area contributed by atoms with Crippen molar-refractivity contribution < 1.29 is 19.1 Å². The number of hydrogen-bond acceptors (Lipinski definition) is 2. The molecule has 0 heterocycles. The highest BCUT2D eigenvalue weighted by molar-refractivity contribution is 7.51. The van der Waals surface area contributed by atoms with Crippen LogP contribution < -0.4 is 4.74 Å². The molecule has 0 spiro atoms. The lowest BCUT2D eigenvalue weighted by atomic mass is 9.89. The number of rotatable bonds is 16. The standard InChI is InChI=1S/C28H43O4P/c1-4-5-10-26(22-27-14-13-23(2)24(3)21-27)12-9-19-32-28-17-15-25(16-18-28)11-7-6-8-20-33(29,30)31/h13-18,21,26H,4-12,19-20,22H2,1-3H3,(H2,29,30,31). The Morgan fingerprint density at radius 1 is 0.848 bits per heavy atom. The fourth-order valence-corrected chi connectivity index (χ4v) is 4.88. The van der Waals surface area contributed by atoms with Gasteiger partial charge in [0.05, 0.1) is 6.61 Å². The summed E-state index contributed by atoms with van der Waals surface area (Å²) in [7, 11) is -3.85. The van der Waals surface area contributed by atoms with E-state index >= 15 is 0 Å². The molecule has 0 aliphatic heterocycles. The van der Waals surface area contributed by atoms with Crippen molar-refractivity contribution in [3.05, 3.63) is 64.7 Å². The second kappa shape index (κ2) is 14.6. The molecule has 0 aliphatic carbocycles. The van der Waals surface area contributed by atoms with Crippen molar-refractivity contribution in [2.24, 2.45) is 5.92 Å². The Hall–Kier alpha value is -1.61. The molecule has 0 saturated carbocycles. The van der Waals surface area contributed by atoms with E-state index in [-0.39, 0.29) is 6.16 Å². The summed E-state index contributed by atoms with van der Waals surface area (Å²) < 4.78 is 16.9. The van der Waals surface area contributed by atoms with Crippen molar-refractivity contribution in [3.63, 3.8) is 0 Å². The molecule has 0 aromatic heterocycles. The van der Waals surface area contributed by atoms with Crippen LogP contribution in [0.5, 0.6) is 5.75 Å². The fourth-order valence-electron chi connectivity index (χ4n) is 4.24. The van der Waals surface area contributed by atoms with E-state index in [0.29, 0.717) is 12.3 Å². The lowest BCUT2D eigenvalue weighted by Gasteiger charge is -2.18. The van der Waals surface area contributed by atoms with Crippen molar-refractivity contribution in [3.8, 4) is 5.75 Å². The zero-order valence-corrected chi connectivity index (χ0v) is 21.7. The Morgan fingerprint density at radius 3 is 2.21 bits per heavy atom. The second-order valence-corrected chi connectivity index (χ2v) is 11.2. The van der Waals surface area contributed by atoms with Crippen molar-refractivity contribution in [1.29, 1.82) is 0 Å². The number of unbranched alkanes of at least 4 members (excludes halogenated alkanes) is 3. The van der Waals surface area contributed by atoms with E-state index in [9.17, 15) is 4.57 Å². The summed E-state index contributed by atoms with van der Waals surface area (Å²) in [6, 6.07) is 15.2. The normalized spacial score (nSPS) is 12.6. The summed E-state index contributed by atoms with van der Waals surface area (Å²) in [6.07, 6.45) is 10.5. The molecule has 0 aliphatic rings. The van der Waals surface area contributed by atoms with Gasteiger partial charge in [-0.3, -0.25) is 4.57 Å². The first-order valence-corrected chi connectivity index (χ1v) is 14.4. The molecule has 2 N–H and O–H groups in total. The minimum absolute atomic E-state index is 0.0102. The predicted molar refractivity (Wildman–Crippen MR) is 138 cm³/mol. The third kappa shape index (κ3) is 11.9. The van der Waals surface area contributed by atoms with Crippen LogP contribution in [0.4, 0.5) is 0 Å². The maximum atomic E-state index is 10.9. The van der Waals surface area contributed by atoms with Gasteiger partial charge in [0.2, 0.25) is 0 Å². The van der Waals surface area contributed by atoms with Crippen LogP contribution in [0.3, 0.4) is 0 Å². The highest BCUT2D eigenvalue weighted by Gasteiger charge is 2.12. The van der Waals surface area contributed by atoms with E-state index in [1.807, 2.05) is 12.1 Å². The van der Waals surface area contributed by atoms with E-state index in [4.69, 9.17) is 14.5 Å². The average molecular weight is 475 g/mol. The highest BCUT2D eigenvalue weighted by atomic mass is 31.2. The van der Waals surface area contributed by atoms with Crippen molar-refractivity contribution in [1.82, 2.24) is 0 Å². The molecular formula is C28H43O4P. The first-order chi connectivity index (χ1) is 15.8. The molecule has 0 bridgehead atoms. The zero-order valence-electron chi connectivity index (χ0n) is 20.8. The Bertz CT molecular complexity index is 857. The molecule has 2 aromatic rings. The van der Waals surface area contributed by atoms with Crippen LogP contribution in [0.2, 0.25) is 0 Å². The molecule has 4 nitrogen and oxygen atoms in total. The maximum Gasteiger partial charge on any atom is 0.325 e. The molecular weight excluding hydrogens is 431 g/mol. The SMILES string of the molecule is CCCCC(CCCOc1ccc(CCCCCP(=O)(O)O)cc1)Cc1ccc(C)c(C)c1. The van der Waals surface area contributed by atoms with Gasteiger partial charge in [0, 0.05) is 6.16 Å². The molecule has 184 valence electrons. The smallest absolute Gasteiger partial charge is 0.325 e. The van der Waals surface area contributed by atoms with Crippen LogP contribution in [0.15, 0.2) is 42.5 Å². The summed E-state index contributed by atoms with van der Waals surface area (Å²) in [5.41, 5.74) is 5.45. The first-order valence-electron chi connectivity index (χ1n) is 12.6. The van der Waals surface area contributed by atoms with Gasteiger partial charge in [0.1, 0.15) is 5.75 Å². The number of benzene rings is 2. The van der Waals surface area contributed by atoms with Crippen molar-refractivity contribution in [2.75, 3.05) is 12.8 Å². The molecule has 0 amide bonds. The van der Waals surface area contributed by atoms with Crippen LogP contribution in [-0.2, 0) is 17.4 Å². The minimum atomic E-state index is -3.85. The Labute approximate surface area is 200 Å². The Kier molecular flexibility index (Phi) is 12.2. The van der Waals surface area contributed by atoms with Crippen molar-refractivity contribution in [2.45, 2.75) is 85.0 Å². The Morgan fingerprint density at radius 2 is 1.55 bits per heavy atom.